The van der Waals surface area contributed by atoms with Gasteiger partial charge in [-0.15, -0.1) is 0 Å². The number of hydrogen-bond donors (Lipinski definition) is 2. The summed E-state index contributed by atoms with van der Waals surface area (Å²) in [5, 5.41) is 6.28. The molecule has 1 heterocycles. The molecule has 1 unspecified atom stereocenters. The summed E-state index contributed by atoms with van der Waals surface area (Å²) >= 11 is 0. The van der Waals surface area contributed by atoms with Crippen molar-refractivity contribution in [3.05, 3.63) is 59.9 Å². The van der Waals surface area contributed by atoms with E-state index in [0.29, 0.717) is 11.4 Å². The van der Waals surface area contributed by atoms with Crippen molar-refractivity contribution in [1.82, 2.24) is 10.2 Å². The highest BCUT2D eigenvalue weighted by Crippen LogP contribution is 2.26. The lowest BCUT2D eigenvalue weighted by molar-refractivity contribution is -0.136. The number of aryl methyl sites for hydroxylation is 1. The lowest BCUT2D eigenvalue weighted by Crippen LogP contribution is -2.40. The Labute approximate surface area is 169 Å². The van der Waals surface area contributed by atoms with E-state index in [-0.39, 0.29) is 12.6 Å². The Balaban J connectivity index is 1.67. The van der Waals surface area contributed by atoms with Crippen LogP contribution in [0.5, 0.6) is 5.75 Å². The van der Waals surface area contributed by atoms with E-state index < -0.39 is 11.8 Å². The van der Waals surface area contributed by atoms with E-state index in [4.69, 9.17) is 9.15 Å². The van der Waals surface area contributed by atoms with Gasteiger partial charge in [-0.25, -0.2) is 0 Å². The molecular weight excluding hydrogens is 370 g/mol. The molecule has 2 N–H and O–H groups in total. The third-order valence-electron chi connectivity index (χ3n) is 4.66. The maximum Gasteiger partial charge on any atom is 0.313 e. The normalized spacial score (nSPS) is 12.0. The number of hydrogen-bond acceptors (Lipinski definition) is 5. The summed E-state index contributed by atoms with van der Waals surface area (Å²) in [6.45, 7) is 2.12. The van der Waals surface area contributed by atoms with Crippen LogP contribution in [-0.4, -0.2) is 44.5 Å². The number of ether oxygens (including phenoxy) is 1. The van der Waals surface area contributed by atoms with E-state index in [0.717, 1.165) is 22.3 Å². The molecule has 0 saturated heterocycles. The number of fused-ring (bicyclic) bond motifs is 1. The van der Waals surface area contributed by atoms with Crippen LogP contribution in [0.4, 0.5) is 5.69 Å². The summed E-state index contributed by atoms with van der Waals surface area (Å²) in [5.41, 5.74) is 2.18. The summed E-state index contributed by atoms with van der Waals surface area (Å²) in [4.78, 5) is 26.6. The van der Waals surface area contributed by atoms with E-state index >= 15 is 0 Å². The second-order valence-corrected chi connectivity index (χ2v) is 7.03. The zero-order valence-electron chi connectivity index (χ0n) is 17.0. The van der Waals surface area contributed by atoms with Gasteiger partial charge in [-0.05, 0) is 50.8 Å². The molecule has 2 amide bonds. The van der Waals surface area contributed by atoms with Crippen LogP contribution in [0.15, 0.2) is 52.9 Å². The highest BCUT2D eigenvalue weighted by Gasteiger charge is 2.22. The van der Waals surface area contributed by atoms with Gasteiger partial charge in [0, 0.05) is 11.9 Å². The fourth-order valence-electron chi connectivity index (χ4n) is 3.07. The highest BCUT2D eigenvalue weighted by atomic mass is 16.5. The maximum absolute atomic E-state index is 12.3. The van der Waals surface area contributed by atoms with Crippen molar-refractivity contribution in [2.45, 2.75) is 13.0 Å². The summed E-state index contributed by atoms with van der Waals surface area (Å²) < 4.78 is 11.1. The monoisotopic (exact) mass is 395 g/mol. The van der Waals surface area contributed by atoms with Gasteiger partial charge in [0.1, 0.15) is 17.1 Å². The minimum Gasteiger partial charge on any atom is -0.495 e. The molecule has 0 radical (unpaired) electrons. The van der Waals surface area contributed by atoms with E-state index in [1.54, 1.807) is 12.1 Å². The molecule has 0 aliphatic heterocycles. The quantitative estimate of drug-likeness (QED) is 0.627. The van der Waals surface area contributed by atoms with Crippen molar-refractivity contribution in [3.8, 4) is 5.75 Å². The SMILES string of the molecule is COc1ccc(C)cc1NC(=O)C(=O)NCC(c1cc2ccccc2o1)N(C)C. The third kappa shape index (κ3) is 4.75. The van der Waals surface area contributed by atoms with Gasteiger partial charge in [0.25, 0.3) is 0 Å². The average molecular weight is 395 g/mol. The van der Waals surface area contributed by atoms with Gasteiger partial charge in [-0.2, -0.15) is 0 Å². The molecule has 152 valence electrons. The number of anilines is 1. The van der Waals surface area contributed by atoms with Crippen LogP contribution in [-0.2, 0) is 9.59 Å². The number of carbonyl (C=O) groups is 2. The molecule has 1 atom stereocenters. The van der Waals surface area contributed by atoms with Gasteiger partial charge in [-0.3, -0.25) is 14.5 Å². The van der Waals surface area contributed by atoms with Gasteiger partial charge >= 0.3 is 11.8 Å². The van der Waals surface area contributed by atoms with Gasteiger partial charge in [0.15, 0.2) is 0 Å². The molecule has 0 aliphatic rings. The van der Waals surface area contributed by atoms with Crippen LogP contribution in [0.1, 0.15) is 17.4 Å². The Hall–Kier alpha value is -3.32. The molecule has 29 heavy (non-hydrogen) atoms. The number of furan rings is 1. The first-order chi connectivity index (χ1) is 13.9. The zero-order chi connectivity index (χ0) is 21.0. The number of nitrogens with one attached hydrogen (secondary N) is 2. The van der Waals surface area contributed by atoms with Crippen LogP contribution in [0.3, 0.4) is 0 Å². The third-order valence-corrected chi connectivity index (χ3v) is 4.66. The maximum atomic E-state index is 12.3. The molecule has 0 aliphatic carbocycles. The van der Waals surface area contributed by atoms with E-state index in [1.807, 2.05) is 62.3 Å². The first-order valence-corrected chi connectivity index (χ1v) is 9.27. The van der Waals surface area contributed by atoms with Gasteiger partial charge in [-0.1, -0.05) is 24.3 Å². The number of likely N-dealkylation sites (N-methyl/N-ethyl adjacent to an activating group) is 1. The van der Waals surface area contributed by atoms with Crippen molar-refractivity contribution in [2.24, 2.45) is 0 Å². The Morgan fingerprint density at radius 1 is 1.10 bits per heavy atom. The number of benzene rings is 2. The minimum absolute atomic E-state index is 0.215. The second kappa shape index (κ2) is 8.79. The first kappa shape index (κ1) is 20.4. The number of rotatable bonds is 6. The minimum atomic E-state index is -0.754. The molecule has 0 fully saturated rings. The number of nitrogens with zero attached hydrogens (tertiary/aromatic N) is 1. The smallest absolute Gasteiger partial charge is 0.313 e. The fourth-order valence-corrected chi connectivity index (χ4v) is 3.07. The number of carbonyl (C=O) groups excluding carboxylic acids is 2. The van der Waals surface area contributed by atoms with E-state index in [9.17, 15) is 9.59 Å². The fraction of sp³-hybridized carbons (Fsp3) is 0.273. The second-order valence-electron chi connectivity index (χ2n) is 7.03. The van der Waals surface area contributed by atoms with Crippen molar-refractivity contribution in [3.63, 3.8) is 0 Å². The number of para-hydroxylation sites is 1. The average Bonchev–Trinajstić information content (AvgIpc) is 3.11. The summed E-state index contributed by atoms with van der Waals surface area (Å²) in [7, 11) is 5.29. The number of methoxy groups -OCH3 is 1. The summed E-state index contributed by atoms with van der Waals surface area (Å²) in [5.74, 6) is -0.269. The summed E-state index contributed by atoms with van der Waals surface area (Å²) in [6, 6.07) is 14.8. The van der Waals surface area contributed by atoms with E-state index in [2.05, 4.69) is 10.6 Å². The van der Waals surface area contributed by atoms with Crippen molar-refractivity contribution >= 4 is 28.5 Å². The van der Waals surface area contributed by atoms with Crippen molar-refractivity contribution < 1.29 is 18.7 Å². The van der Waals surface area contributed by atoms with Gasteiger partial charge in [0.2, 0.25) is 0 Å². The standard InChI is InChI=1S/C22H25N3O4/c1-14-9-10-19(28-4)16(11-14)24-22(27)21(26)23-13-17(25(2)3)20-12-15-7-5-6-8-18(15)29-20/h5-12,17H,13H2,1-4H3,(H,23,26)(H,24,27). The largest absolute Gasteiger partial charge is 0.495 e. The zero-order valence-corrected chi connectivity index (χ0v) is 17.0. The molecular formula is C22H25N3O4. The molecule has 7 nitrogen and oxygen atoms in total. The van der Waals surface area contributed by atoms with Crippen LogP contribution in [0.2, 0.25) is 0 Å². The van der Waals surface area contributed by atoms with E-state index in [1.165, 1.54) is 7.11 Å². The predicted octanol–water partition coefficient (Wildman–Crippen LogP) is 3.11. The van der Waals surface area contributed by atoms with Crippen LogP contribution in [0, 0.1) is 6.92 Å². The van der Waals surface area contributed by atoms with Crippen molar-refractivity contribution in [1.29, 1.82) is 0 Å². The number of amides is 2. The molecule has 0 spiro atoms. The topological polar surface area (TPSA) is 83.8 Å². The highest BCUT2D eigenvalue weighted by molar-refractivity contribution is 6.39. The molecule has 0 saturated carbocycles. The predicted molar refractivity (Wildman–Crippen MR) is 112 cm³/mol. The van der Waals surface area contributed by atoms with Crippen molar-refractivity contribution in [2.75, 3.05) is 33.1 Å². The lowest BCUT2D eigenvalue weighted by Gasteiger charge is -2.22. The van der Waals surface area contributed by atoms with Crippen LogP contribution < -0.4 is 15.4 Å². The Kier molecular flexibility index (Phi) is 6.19. The molecule has 1 aromatic heterocycles. The Bertz CT molecular complexity index is 993. The van der Waals surface area contributed by atoms with Crippen LogP contribution >= 0.6 is 0 Å². The first-order valence-electron chi connectivity index (χ1n) is 9.27. The van der Waals surface area contributed by atoms with Gasteiger partial charge in [0.05, 0.1) is 18.8 Å². The molecule has 3 rings (SSSR count). The van der Waals surface area contributed by atoms with Gasteiger partial charge < -0.3 is 19.8 Å². The Morgan fingerprint density at radius 3 is 2.55 bits per heavy atom. The molecule has 3 aromatic rings. The summed E-state index contributed by atoms with van der Waals surface area (Å²) in [6.07, 6.45) is 0. The molecule has 0 bridgehead atoms. The molecule has 2 aromatic carbocycles. The molecule has 7 heteroatoms. The Morgan fingerprint density at radius 2 is 1.86 bits per heavy atom. The van der Waals surface area contributed by atoms with Crippen LogP contribution in [0.25, 0.3) is 11.0 Å². The lowest BCUT2D eigenvalue weighted by atomic mass is 10.1.